The van der Waals surface area contributed by atoms with Gasteiger partial charge in [-0.25, -0.2) is 0 Å². The normalized spacial score (nSPS) is 10.9. The summed E-state index contributed by atoms with van der Waals surface area (Å²) in [4.78, 5) is 12.1. The Bertz CT molecular complexity index is 1100. The number of carbonyl (C=O) groups is 1. The van der Waals surface area contributed by atoms with Crippen LogP contribution in [0.25, 0.3) is 11.6 Å². The lowest BCUT2D eigenvalue weighted by atomic mass is 10.0. The van der Waals surface area contributed by atoms with E-state index in [9.17, 15) is 10.1 Å². The van der Waals surface area contributed by atoms with Crippen LogP contribution >= 0.6 is 23.2 Å². The Hall–Kier alpha value is -3.26. The lowest BCUT2D eigenvalue weighted by Crippen LogP contribution is -2.10. The maximum atomic E-state index is 12.1. The average molecular weight is 452 g/mol. The van der Waals surface area contributed by atoms with Gasteiger partial charge in [0.2, 0.25) is 0 Å². The van der Waals surface area contributed by atoms with E-state index in [0.717, 1.165) is 11.1 Å². The first kappa shape index (κ1) is 22.4. The molecule has 156 valence electrons. The van der Waals surface area contributed by atoms with E-state index in [0.29, 0.717) is 40.1 Å². The molecule has 0 saturated heterocycles. The molecule has 0 N–H and O–H groups in total. The molecule has 0 aromatic heterocycles. The summed E-state index contributed by atoms with van der Waals surface area (Å²) in [5.41, 5.74) is 2.25. The number of esters is 1. The molecule has 6 heteroatoms. The second kappa shape index (κ2) is 11.2. The van der Waals surface area contributed by atoms with Crippen molar-refractivity contribution >= 4 is 40.8 Å². The predicted octanol–water partition coefficient (Wildman–Crippen LogP) is 6.82. The summed E-state index contributed by atoms with van der Waals surface area (Å²) >= 11 is 11.9. The number of hydrogen-bond acceptors (Lipinski definition) is 4. The van der Waals surface area contributed by atoms with Gasteiger partial charge in [0, 0.05) is 11.4 Å². The summed E-state index contributed by atoms with van der Waals surface area (Å²) in [6.07, 6.45) is 2.49. The molecule has 0 amide bonds. The van der Waals surface area contributed by atoms with Crippen LogP contribution in [-0.4, -0.2) is 12.6 Å². The van der Waals surface area contributed by atoms with Crippen molar-refractivity contribution in [1.82, 2.24) is 0 Å². The third-order valence-corrected chi connectivity index (χ3v) is 4.84. The van der Waals surface area contributed by atoms with Crippen molar-refractivity contribution in [2.45, 2.75) is 12.8 Å². The van der Waals surface area contributed by atoms with Crippen LogP contribution in [0, 0.1) is 11.3 Å². The zero-order valence-corrected chi connectivity index (χ0v) is 18.1. The van der Waals surface area contributed by atoms with Crippen molar-refractivity contribution in [3.8, 4) is 17.6 Å². The summed E-state index contributed by atoms with van der Waals surface area (Å²) in [5.74, 6) is 0.619. The van der Waals surface area contributed by atoms with Crippen LogP contribution in [0.4, 0.5) is 0 Å². The minimum atomic E-state index is -0.351. The number of allylic oxidation sites excluding steroid dienone is 1. The van der Waals surface area contributed by atoms with Crippen molar-refractivity contribution in [2.75, 3.05) is 6.61 Å². The lowest BCUT2D eigenvalue weighted by Gasteiger charge is -2.08. The number of benzene rings is 3. The highest BCUT2D eigenvalue weighted by Crippen LogP contribution is 2.27. The van der Waals surface area contributed by atoms with E-state index in [1.165, 1.54) is 0 Å². The van der Waals surface area contributed by atoms with Crippen LogP contribution in [-0.2, 0) is 4.79 Å². The molecular weight excluding hydrogens is 433 g/mol. The zero-order chi connectivity index (χ0) is 22.1. The van der Waals surface area contributed by atoms with Crippen molar-refractivity contribution in [3.63, 3.8) is 0 Å². The van der Waals surface area contributed by atoms with E-state index in [1.807, 2.05) is 30.3 Å². The molecule has 31 heavy (non-hydrogen) atoms. The van der Waals surface area contributed by atoms with Gasteiger partial charge in [0.05, 0.1) is 23.3 Å². The number of ether oxygens (including phenoxy) is 2. The number of hydrogen-bond donors (Lipinski definition) is 0. The number of nitriles is 1. The van der Waals surface area contributed by atoms with Crippen molar-refractivity contribution in [1.29, 1.82) is 5.26 Å². The largest absolute Gasteiger partial charge is 0.492 e. The van der Waals surface area contributed by atoms with Crippen molar-refractivity contribution < 1.29 is 14.3 Å². The SMILES string of the molecule is N#C/C(=C/c1ccc(OC(=O)CCCOc2ccc(Cl)cc2Cl)cc1)c1ccccc1. The summed E-state index contributed by atoms with van der Waals surface area (Å²) in [7, 11) is 0. The Morgan fingerprint density at radius 2 is 1.74 bits per heavy atom. The van der Waals surface area contributed by atoms with Gasteiger partial charge in [-0.2, -0.15) is 5.26 Å². The highest BCUT2D eigenvalue weighted by atomic mass is 35.5. The van der Waals surface area contributed by atoms with Crippen LogP contribution < -0.4 is 9.47 Å². The zero-order valence-electron chi connectivity index (χ0n) is 16.6. The van der Waals surface area contributed by atoms with Crippen LogP contribution in [0.3, 0.4) is 0 Å². The first-order chi connectivity index (χ1) is 15.0. The van der Waals surface area contributed by atoms with Gasteiger partial charge in [-0.05, 0) is 54.0 Å². The van der Waals surface area contributed by atoms with Gasteiger partial charge < -0.3 is 9.47 Å². The molecule has 3 rings (SSSR count). The molecule has 0 aliphatic rings. The number of carbonyl (C=O) groups excluding carboxylic acids is 1. The van der Waals surface area contributed by atoms with Crippen LogP contribution in [0.1, 0.15) is 24.0 Å². The lowest BCUT2D eigenvalue weighted by molar-refractivity contribution is -0.134. The predicted molar refractivity (Wildman–Crippen MR) is 123 cm³/mol. The quantitative estimate of drug-likeness (QED) is 0.124. The van der Waals surface area contributed by atoms with Crippen LogP contribution in [0.5, 0.6) is 11.5 Å². The Morgan fingerprint density at radius 1 is 1.00 bits per heavy atom. The Morgan fingerprint density at radius 3 is 2.42 bits per heavy atom. The van der Waals surface area contributed by atoms with Gasteiger partial charge in [-0.15, -0.1) is 0 Å². The minimum absolute atomic E-state index is 0.208. The van der Waals surface area contributed by atoms with Gasteiger partial charge in [0.1, 0.15) is 11.5 Å². The van der Waals surface area contributed by atoms with Gasteiger partial charge in [0.25, 0.3) is 0 Å². The fourth-order valence-electron chi connectivity index (χ4n) is 2.77. The Balaban J connectivity index is 1.48. The number of nitrogens with zero attached hydrogens (tertiary/aromatic N) is 1. The summed E-state index contributed by atoms with van der Waals surface area (Å²) in [6.45, 7) is 0.330. The molecule has 0 bridgehead atoms. The van der Waals surface area contributed by atoms with Crippen LogP contribution in [0.2, 0.25) is 10.0 Å². The monoisotopic (exact) mass is 451 g/mol. The molecule has 0 spiro atoms. The van der Waals surface area contributed by atoms with E-state index in [2.05, 4.69) is 6.07 Å². The van der Waals surface area contributed by atoms with Crippen molar-refractivity contribution in [3.05, 3.63) is 94.0 Å². The topological polar surface area (TPSA) is 59.3 Å². The molecule has 3 aromatic carbocycles. The maximum Gasteiger partial charge on any atom is 0.311 e. The molecule has 3 aromatic rings. The fourth-order valence-corrected chi connectivity index (χ4v) is 3.23. The van der Waals surface area contributed by atoms with Gasteiger partial charge in [-0.3, -0.25) is 4.79 Å². The summed E-state index contributed by atoms with van der Waals surface area (Å²) < 4.78 is 10.9. The molecular formula is C25H19Cl2NO3. The molecule has 0 radical (unpaired) electrons. The number of rotatable bonds is 8. The third-order valence-electron chi connectivity index (χ3n) is 4.30. The molecule has 0 aliphatic heterocycles. The van der Waals surface area contributed by atoms with Gasteiger partial charge in [-0.1, -0.05) is 65.7 Å². The van der Waals surface area contributed by atoms with Crippen LogP contribution in [0.15, 0.2) is 72.8 Å². The Labute approximate surface area is 191 Å². The molecule has 0 heterocycles. The molecule has 0 aliphatic carbocycles. The molecule has 4 nitrogen and oxygen atoms in total. The van der Waals surface area contributed by atoms with E-state index < -0.39 is 0 Å². The fraction of sp³-hybridized carbons (Fsp3) is 0.120. The first-order valence-corrected chi connectivity index (χ1v) is 10.4. The summed E-state index contributed by atoms with van der Waals surface area (Å²) in [6, 6.07) is 23.6. The van der Waals surface area contributed by atoms with E-state index in [1.54, 1.807) is 48.5 Å². The maximum absolute atomic E-state index is 12.1. The van der Waals surface area contributed by atoms with Gasteiger partial charge >= 0.3 is 5.97 Å². The molecule has 0 saturated carbocycles. The molecule has 0 fully saturated rings. The molecule has 0 unspecified atom stereocenters. The first-order valence-electron chi connectivity index (χ1n) is 9.61. The average Bonchev–Trinajstić information content (AvgIpc) is 2.78. The molecule has 0 atom stereocenters. The highest BCUT2D eigenvalue weighted by molar-refractivity contribution is 6.35. The smallest absolute Gasteiger partial charge is 0.311 e. The number of halogens is 2. The minimum Gasteiger partial charge on any atom is -0.492 e. The van der Waals surface area contributed by atoms with Crippen molar-refractivity contribution in [2.24, 2.45) is 0 Å². The standard InChI is InChI=1S/C25H19Cl2NO3/c26-21-10-13-24(23(27)16-21)30-14-4-7-25(29)31-22-11-8-18(9-12-22)15-20(17-28)19-5-2-1-3-6-19/h1-3,5-6,8-13,15-16H,4,7,14H2/b20-15-. The third kappa shape index (κ3) is 6.89. The second-order valence-electron chi connectivity index (χ2n) is 6.61. The van der Waals surface area contributed by atoms with E-state index in [-0.39, 0.29) is 12.4 Å². The van der Waals surface area contributed by atoms with E-state index >= 15 is 0 Å². The van der Waals surface area contributed by atoms with E-state index in [4.69, 9.17) is 32.7 Å². The highest BCUT2D eigenvalue weighted by Gasteiger charge is 2.07. The second-order valence-corrected chi connectivity index (χ2v) is 7.45. The summed E-state index contributed by atoms with van der Waals surface area (Å²) in [5, 5.41) is 10.4. The Kier molecular flexibility index (Phi) is 8.12. The van der Waals surface area contributed by atoms with Gasteiger partial charge in [0.15, 0.2) is 0 Å².